The van der Waals surface area contributed by atoms with Gasteiger partial charge in [0, 0.05) is 16.5 Å². The second kappa shape index (κ2) is 5.83. The smallest absolute Gasteiger partial charge is 0.168 e. The average molecular weight is 305 g/mol. The van der Waals surface area contributed by atoms with Gasteiger partial charge in [0.25, 0.3) is 0 Å². The van der Waals surface area contributed by atoms with Gasteiger partial charge in [-0.1, -0.05) is 46.3 Å². The molecule has 0 saturated heterocycles. The van der Waals surface area contributed by atoms with Crippen LogP contribution >= 0.6 is 15.9 Å². The van der Waals surface area contributed by atoms with Crippen LogP contribution in [0.2, 0.25) is 0 Å². The summed E-state index contributed by atoms with van der Waals surface area (Å²) in [4.78, 5) is 12.2. The number of benzene rings is 2. The standard InChI is InChI=1S/C15H13BrO2/c1-18-12-7-8-14(16)13(10-12)15(17)9-11-5-3-2-4-6-11/h2-8,10H,9H2,1H3. The van der Waals surface area contributed by atoms with E-state index in [9.17, 15) is 4.79 Å². The maximum absolute atomic E-state index is 12.2. The number of carbonyl (C=O) groups is 1. The molecular weight excluding hydrogens is 292 g/mol. The molecular formula is C15H13BrO2. The number of hydrogen-bond acceptors (Lipinski definition) is 2. The second-order valence-electron chi connectivity index (χ2n) is 3.93. The highest BCUT2D eigenvalue weighted by molar-refractivity contribution is 9.10. The van der Waals surface area contributed by atoms with Crippen molar-refractivity contribution in [3.63, 3.8) is 0 Å². The summed E-state index contributed by atoms with van der Waals surface area (Å²) in [6, 6.07) is 15.1. The minimum absolute atomic E-state index is 0.0759. The third kappa shape index (κ3) is 2.99. The van der Waals surface area contributed by atoms with E-state index in [0.29, 0.717) is 17.7 Å². The molecule has 18 heavy (non-hydrogen) atoms. The van der Waals surface area contributed by atoms with Crippen molar-refractivity contribution in [2.24, 2.45) is 0 Å². The van der Waals surface area contributed by atoms with Crippen LogP contribution in [0.5, 0.6) is 5.75 Å². The SMILES string of the molecule is COc1ccc(Br)c(C(=O)Cc2ccccc2)c1. The lowest BCUT2D eigenvalue weighted by molar-refractivity contribution is 0.0992. The summed E-state index contributed by atoms with van der Waals surface area (Å²) in [5.74, 6) is 0.765. The van der Waals surface area contributed by atoms with Crippen LogP contribution in [-0.4, -0.2) is 12.9 Å². The van der Waals surface area contributed by atoms with Crippen LogP contribution in [0.1, 0.15) is 15.9 Å². The summed E-state index contributed by atoms with van der Waals surface area (Å²) in [7, 11) is 1.59. The number of Topliss-reactive ketones (excluding diaryl/α,β-unsaturated/α-hetero) is 1. The largest absolute Gasteiger partial charge is 0.497 e. The number of ketones is 1. The molecule has 0 heterocycles. The van der Waals surface area contributed by atoms with Gasteiger partial charge >= 0.3 is 0 Å². The summed E-state index contributed by atoms with van der Waals surface area (Å²) >= 11 is 3.40. The molecule has 2 nitrogen and oxygen atoms in total. The highest BCUT2D eigenvalue weighted by Gasteiger charge is 2.11. The molecule has 0 amide bonds. The maximum Gasteiger partial charge on any atom is 0.168 e. The van der Waals surface area contributed by atoms with Crippen LogP contribution in [0.25, 0.3) is 0 Å². The van der Waals surface area contributed by atoms with Crippen LogP contribution < -0.4 is 4.74 Å². The molecule has 0 fully saturated rings. The Morgan fingerprint density at radius 2 is 1.89 bits per heavy atom. The Kier molecular flexibility index (Phi) is 4.15. The van der Waals surface area contributed by atoms with Gasteiger partial charge in [-0.25, -0.2) is 0 Å². The molecule has 0 spiro atoms. The topological polar surface area (TPSA) is 26.3 Å². The van der Waals surface area contributed by atoms with Crippen LogP contribution in [0, 0.1) is 0 Å². The van der Waals surface area contributed by atoms with Gasteiger partial charge in [0.1, 0.15) is 5.75 Å². The first-order chi connectivity index (χ1) is 8.70. The molecule has 0 aliphatic heterocycles. The van der Waals surface area contributed by atoms with E-state index in [1.54, 1.807) is 13.2 Å². The van der Waals surface area contributed by atoms with Gasteiger partial charge in [-0.05, 0) is 23.8 Å². The van der Waals surface area contributed by atoms with E-state index in [4.69, 9.17) is 4.74 Å². The van der Waals surface area contributed by atoms with E-state index in [-0.39, 0.29) is 5.78 Å². The monoisotopic (exact) mass is 304 g/mol. The molecule has 3 heteroatoms. The number of rotatable bonds is 4. The summed E-state index contributed by atoms with van der Waals surface area (Å²) in [5.41, 5.74) is 1.66. The lowest BCUT2D eigenvalue weighted by Gasteiger charge is -2.06. The molecule has 0 aliphatic carbocycles. The lowest BCUT2D eigenvalue weighted by atomic mass is 10.0. The quantitative estimate of drug-likeness (QED) is 0.801. The van der Waals surface area contributed by atoms with Crippen LogP contribution in [-0.2, 0) is 6.42 Å². The van der Waals surface area contributed by atoms with Gasteiger partial charge in [0.2, 0.25) is 0 Å². The number of carbonyl (C=O) groups excluding carboxylic acids is 1. The van der Waals surface area contributed by atoms with Crippen LogP contribution in [0.3, 0.4) is 0 Å². The first-order valence-electron chi connectivity index (χ1n) is 5.61. The number of hydrogen-bond donors (Lipinski definition) is 0. The molecule has 0 saturated carbocycles. The molecule has 2 aromatic carbocycles. The average Bonchev–Trinajstić information content (AvgIpc) is 2.40. The molecule has 0 aliphatic rings. The summed E-state index contributed by atoms with van der Waals surface area (Å²) in [6.07, 6.45) is 0.395. The Bertz CT molecular complexity index is 550. The third-order valence-electron chi connectivity index (χ3n) is 2.68. The first-order valence-corrected chi connectivity index (χ1v) is 6.40. The molecule has 0 unspecified atom stereocenters. The van der Waals surface area contributed by atoms with Crippen molar-refractivity contribution in [2.45, 2.75) is 6.42 Å². The fraction of sp³-hybridized carbons (Fsp3) is 0.133. The van der Waals surface area contributed by atoms with Crippen molar-refractivity contribution in [1.82, 2.24) is 0 Å². The van der Waals surface area contributed by atoms with Gasteiger partial charge < -0.3 is 4.74 Å². The Labute approximate surface area is 115 Å². The van der Waals surface area contributed by atoms with Gasteiger partial charge in [-0.15, -0.1) is 0 Å². The van der Waals surface area contributed by atoms with Crippen molar-refractivity contribution < 1.29 is 9.53 Å². The zero-order valence-corrected chi connectivity index (χ0v) is 11.6. The fourth-order valence-electron chi connectivity index (χ4n) is 1.72. The summed E-state index contributed by atoms with van der Waals surface area (Å²) < 4.78 is 5.93. The van der Waals surface area contributed by atoms with Gasteiger partial charge in [-0.3, -0.25) is 4.79 Å². The van der Waals surface area contributed by atoms with E-state index >= 15 is 0 Å². The second-order valence-corrected chi connectivity index (χ2v) is 4.79. The van der Waals surface area contributed by atoms with E-state index in [0.717, 1.165) is 10.0 Å². The van der Waals surface area contributed by atoms with Crippen molar-refractivity contribution in [1.29, 1.82) is 0 Å². The van der Waals surface area contributed by atoms with Crippen LogP contribution in [0.15, 0.2) is 53.0 Å². The first kappa shape index (κ1) is 12.8. The van der Waals surface area contributed by atoms with Crippen molar-refractivity contribution >= 4 is 21.7 Å². The zero-order chi connectivity index (χ0) is 13.0. The Morgan fingerprint density at radius 1 is 1.17 bits per heavy atom. The van der Waals surface area contributed by atoms with Crippen molar-refractivity contribution in [3.8, 4) is 5.75 Å². The van der Waals surface area contributed by atoms with E-state index in [2.05, 4.69) is 15.9 Å². The summed E-state index contributed by atoms with van der Waals surface area (Å²) in [5, 5.41) is 0. The molecule has 0 radical (unpaired) electrons. The Hall–Kier alpha value is -1.61. The summed E-state index contributed by atoms with van der Waals surface area (Å²) in [6.45, 7) is 0. The highest BCUT2D eigenvalue weighted by atomic mass is 79.9. The third-order valence-corrected chi connectivity index (χ3v) is 3.37. The van der Waals surface area contributed by atoms with Crippen molar-refractivity contribution in [2.75, 3.05) is 7.11 Å². The molecule has 0 atom stereocenters. The van der Waals surface area contributed by atoms with Crippen LogP contribution in [0.4, 0.5) is 0 Å². The lowest BCUT2D eigenvalue weighted by Crippen LogP contribution is -2.04. The number of ether oxygens (including phenoxy) is 1. The number of halogens is 1. The van der Waals surface area contributed by atoms with E-state index in [1.165, 1.54) is 0 Å². The zero-order valence-electron chi connectivity index (χ0n) is 10.0. The van der Waals surface area contributed by atoms with E-state index in [1.807, 2.05) is 42.5 Å². The molecule has 0 aromatic heterocycles. The van der Waals surface area contributed by atoms with Gasteiger partial charge in [0.15, 0.2) is 5.78 Å². The normalized spacial score (nSPS) is 10.1. The predicted molar refractivity (Wildman–Crippen MR) is 75.2 cm³/mol. The molecule has 0 N–H and O–H groups in total. The van der Waals surface area contributed by atoms with Gasteiger partial charge in [0.05, 0.1) is 7.11 Å². The molecule has 2 rings (SSSR count). The highest BCUT2D eigenvalue weighted by Crippen LogP contribution is 2.23. The molecule has 2 aromatic rings. The minimum Gasteiger partial charge on any atom is -0.497 e. The fourth-order valence-corrected chi connectivity index (χ4v) is 2.19. The van der Waals surface area contributed by atoms with Crippen molar-refractivity contribution in [3.05, 3.63) is 64.1 Å². The van der Waals surface area contributed by atoms with E-state index < -0.39 is 0 Å². The predicted octanol–water partition coefficient (Wildman–Crippen LogP) is 3.88. The number of methoxy groups -OCH3 is 1. The van der Waals surface area contributed by atoms with Gasteiger partial charge in [-0.2, -0.15) is 0 Å². The Balaban J connectivity index is 2.23. The molecule has 92 valence electrons. The maximum atomic E-state index is 12.2. The minimum atomic E-state index is 0.0759. The molecule has 0 bridgehead atoms. The Morgan fingerprint density at radius 3 is 2.56 bits per heavy atom.